The molecule has 0 radical (unpaired) electrons. The molecule has 1 fully saturated rings. The number of hydrogen-bond donors (Lipinski definition) is 1. The Hall–Kier alpha value is -1.20. The Morgan fingerprint density at radius 3 is 2.67 bits per heavy atom. The molecule has 0 saturated heterocycles. The van der Waals surface area contributed by atoms with Crippen LogP contribution in [0.25, 0.3) is 0 Å². The van der Waals surface area contributed by atoms with Crippen molar-refractivity contribution >= 4 is 35.2 Å². The smallest absolute Gasteiger partial charge is 0.316 e. The lowest BCUT2D eigenvalue weighted by molar-refractivity contribution is -0.146. The molecule has 0 aliphatic heterocycles. The van der Waals surface area contributed by atoms with Gasteiger partial charge >= 0.3 is 5.97 Å². The molecule has 1 saturated carbocycles. The zero-order valence-corrected chi connectivity index (χ0v) is 15.7. The van der Waals surface area contributed by atoms with Gasteiger partial charge in [0, 0.05) is 16.0 Å². The predicted molar refractivity (Wildman–Crippen MR) is 97.2 cm³/mol. The SMILES string of the molecule is CC1CCCC(NC(=O)COC(=O)CSc2ccc(Cl)cc2)C1C. The Morgan fingerprint density at radius 1 is 1.25 bits per heavy atom. The Kier molecular flexibility index (Phi) is 7.43. The molecule has 6 heteroatoms. The molecule has 0 spiro atoms. The van der Waals surface area contributed by atoms with Crippen molar-refractivity contribution in [3.63, 3.8) is 0 Å². The van der Waals surface area contributed by atoms with E-state index in [4.69, 9.17) is 16.3 Å². The van der Waals surface area contributed by atoms with Gasteiger partial charge in [0.2, 0.25) is 0 Å². The average Bonchev–Trinajstić information content (AvgIpc) is 2.56. The molecule has 1 N–H and O–H groups in total. The summed E-state index contributed by atoms with van der Waals surface area (Å²) in [5, 5.41) is 3.65. The van der Waals surface area contributed by atoms with Crippen LogP contribution in [0.3, 0.4) is 0 Å². The van der Waals surface area contributed by atoms with E-state index in [0.717, 1.165) is 17.7 Å². The average molecular weight is 370 g/mol. The molecule has 1 amide bonds. The van der Waals surface area contributed by atoms with Crippen molar-refractivity contribution in [3.05, 3.63) is 29.3 Å². The van der Waals surface area contributed by atoms with Crippen LogP contribution in [0.4, 0.5) is 0 Å². The number of esters is 1. The number of thioether (sulfide) groups is 1. The van der Waals surface area contributed by atoms with E-state index >= 15 is 0 Å². The van der Waals surface area contributed by atoms with Crippen molar-refractivity contribution in [3.8, 4) is 0 Å². The van der Waals surface area contributed by atoms with E-state index in [9.17, 15) is 9.59 Å². The molecule has 3 atom stereocenters. The third-order valence-electron chi connectivity index (χ3n) is 4.59. The van der Waals surface area contributed by atoms with Crippen LogP contribution in [-0.4, -0.2) is 30.3 Å². The van der Waals surface area contributed by atoms with Crippen molar-refractivity contribution < 1.29 is 14.3 Å². The number of hydrogen-bond acceptors (Lipinski definition) is 4. The van der Waals surface area contributed by atoms with E-state index in [0.29, 0.717) is 16.9 Å². The fourth-order valence-corrected chi connectivity index (χ4v) is 3.72. The van der Waals surface area contributed by atoms with Gasteiger partial charge in [-0.25, -0.2) is 0 Å². The van der Waals surface area contributed by atoms with Crippen molar-refractivity contribution in [1.82, 2.24) is 5.32 Å². The fourth-order valence-electron chi connectivity index (χ4n) is 2.89. The summed E-state index contributed by atoms with van der Waals surface area (Å²) < 4.78 is 5.06. The Morgan fingerprint density at radius 2 is 1.96 bits per heavy atom. The molecule has 0 heterocycles. The van der Waals surface area contributed by atoms with E-state index < -0.39 is 5.97 Å². The lowest BCUT2D eigenvalue weighted by Gasteiger charge is -2.34. The molecule has 3 unspecified atom stereocenters. The second-order valence-corrected chi connectivity index (χ2v) is 7.83. The van der Waals surface area contributed by atoms with Gasteiger partial charge in [-0.2, -0.15) is 0 Å². The third kappa shape index (κ3) is 6.02. The van der Waals surface area contributed by atoms with Crippen LogP contribution >= 0.6 is 23.4 Å². The first-order valence-electron chi connectivity index (χ1n) is 8.29. The van der Waals surface area contributed by atoms with Crippen LogP contribution in [0, 0.1) is 11.8 Å². The van der Waals surface area contributed by atoms with Gasteiger partial charge in [-0.15, -0.1) is 11.8 Å². The van der Waals surface area contributed by atoms with E-state index in [1.54, 1.807) is 12.1 Å². The van der Waals surface area contributed by atoms with Crippen LogP contribution in [0.1, 0.15) is 33.1 Å². The normalized spacial score (nSPS) is 23.5. The second kappa shape index (κ2) is 9.33. The number of halogens is 1. The fraction of sp³-hybridized carbons (Fsp3) is 0.556. The summed E-state index contributed by atoms with van der Waals surface area (Å²) in [5.41, 5.74) is 0. The maximum absolute atomic E-state index is 12.0. The number of nitrogens with one attached hydrogen (secondary N) is 1. The second-order valence-electron chi connectivity index (χ2n) is 6.34. The highest BCUT2D eigenvalue weighted by molar-refractivity contribution is 8.00. The number of rotatable bonds is 6. The van der Waals surface area contributed by atoms with Crippen molar-refractivity contribution in [2.45, 2.75) is 44.0 Å². The zero-order chi connectivity index (χ0) is 17.5. The first-order valence-corrected chi connectivity index (χ1v) is 9.65. The number of carbonyl (C=O) groups is 2. The third-order valence-corrected chi connectivity index (χ3v) is 5.83. The highest BCUT2D eigenvalue weighted by Crippen LogP contribution is 2.29. The summed E-state index contributed by atoms with van der Waals surface area (Å²) in [7, 11) is 0. The van der Waals surface area contributed by atoms with Crippen LogP contribution in [0.2, 0.25) is 5.02 Å². The molecule has 2 rings (SSSR count). The summed E-state index contributed by atoms with van der Waals surface area (Å²) in [6.45, 7) is 4.18. The van der Waals surface area contributed by atoms with Crippen molar-refractivity contribution in [1.29, 1.82) is 0 Å². The summed E-state index contributed by atoms with van der Waals surface area (Å²) in [6.07, 6.45) is 3.34. The largest absolute Gasteiger partial charge is 0.455 e. The first-order chi connectivity index (χ1) is 11.5. The van der Waals surface area contributed by atoms with Gasteiger partial charge in [-0.3, -0.25) is 9.59 Å². The van der Waals surface area contributed by atoms with Gasteiger partial charge in [0.25, 0.3) is 5.91 Å². The first kappa shape index (κ1) is 19.1. The van der Waals surface area contributed by atoms with Crippen LogP contribution in [0.5, 0.6) is 0 Å². The predicted octanol–water partition coefficient (Wildman–Crippen LogP) is 3.92. The monoisotopic (exact) mass is 369 g/mol. The Labute approximate surface area is 152 Å². The Balaban J connectivity index is 1.67. The number of ether oxygens (including phenoxy) is 1. The van der Waals surface area contributed by atoms with Crippen molar-refractivity contribution in [2.24, 2.45) is 11.8 Å². The van der Waals surface area contributed by atoms with Gasteiger partial charge < -0.3 is 10.1 Å². The summed E-state index contributed by atoms with van der Waals surface area (Å²) in [5.74, 6) is 0.633. The van der Waals surface area contributed by atoms with E-state index in [2.05, 4.69) is 19.2 Å². The molecular formula is C18H24ClNO3S. The number of amides is 1. The minimum Gasteiger partial charge on any atom is -0.455 e. The topological polar surface area (TPSA) is 55.4 Å². The van der Waals surface area contributed by atoms with Crippen LogP contribution in [0.15, 0.2) is 29.2 Å². The standard InChI is InChI=1S/C18H24ClNO3S/c1-12-4-3-5-16(13(12)2)20-17(21)10-23-18(22)11-24-15-8-6-14(19)7-9-15/h6-9,12-13,16H,3-5,10-11H2,1-2H3,(H,20,21). The van der Waals surface area contributed by atoms with Crippen molar-refractivity contribution in [2.75, 3.05) is 12.4 Å². The summed E-state index contributed by atoms with van der Waals surface area (Å²) >= 11 is 7.17. The number of benzene rings is 1. The summed E-state index contributed by atoms with van der Waals surface area (Å²) in [6, 6.07) is 7.42. The van der Waals surface area contributed by atoms with Crippen LogP contribution < -0.4 is 5.32 Å². The molecule has 0 bridgehead atoms. The van der Waals surface area contributed by atoms with Gasteiger partial charge in [0.05, 0.1) is 5.75 Å². The molecule has 24 heavy (non-hydrogen) atoms. The number of carbonyl (C=O) groups excluding carboxylic acids is 2. The Bertz CT molecular complexity index is 564. The van der Waals surface area contributed by atoms with E-state index in [1.807, 2.05) is 12.1 Å². The molecule has 4 nitrogen and oxygen atoms in total. The quantitative estimate of drug-likeness (QED) is 0.610. The molecule has 132 valence electrons. The minimum atomic E-state index is -0.393. The van der Waals surface area contributed by atoms with E-state index in [1.165, 1.54) is 18.2 Å². The van der Waals surface area contributed by atoms with Gasteiger partial charge in [0.1, 0.15) is 0 Å². The molecule has 0 aromatic heterocycles. The highest BCUT2D eigenvalue weighted by Gasteiger charge is 2.28. The lowest BCUT2D eigenvalue weighted by atomic mass is 9.78. The summed E-state index contributed by atoms with van der Waals surface area (Å²) in [4.78, 5) is 24.7. The molecule has 1 aliphatic carbocycles. The zero-order valence-electron chi connectivity index (χ0n) is 14.1. The van der Waals surface area contributed by atoms with Gasteiger partial charge in [-0.1, -0.05) is 38.3 Å². The minimum absolute atomic E-state index is 0.172. The highest BCUT2D eigenvalue weighted by atomic mass is 35.5. The van der Waals surface area contributed by atoms with E-state index in [-0.39, 0.29) is 24.3 Å². The van der Waals surface area contributed by atoms with Gasteiger partial charge in [-0.05, 0) is 42.5 Å². The van der Waals surface area contributed by atoms with Crippen LogP contribution in [-0.2, 0) is 14.3 Å². The maximum Gasteiger partial charge on any atom is 0.316 e. The molecular weight excluding hydrogens is 346 g/mol. The molecule has 1 aromatic rings. The molecule has 1 aliphatic rings. The molecule has 1 aromatic carbocycles. The lowest BCUT2D eigenvalue weighted by Crippen LogP contribution is -2.45. The van der Waals surface area contributed by atoms with Gasteiger partial charge in [0.15, 0.2) is 6.61 Å². The maximum atomic E-state index is 12.0.